The number of hydrogen-bond acceptors (Lipinski definition) is 0. The van der Waals surface area contributed by atoms with Crippen LogP contribution < -0.4 is 16.4 Å². The van der Waals surface area contributed by atoms with E-state index in [2.05, 4.69) is 209 Å². The van der Waals surface area contributed by atoms with Crippen LogP contribution in [0.4, 0.5) is 0 Å². The van der Waals surface area contributed by atoms with Crippen molar-refractivity contribution in [3.63, 3.8) is 0 Å². The lowest BCUT2D eigenvalue weighted by molar-refractivity contribution is 0.749. The van der Waals surface area contributed by atoms with Crippen LogP contribution in [0.15, 0.2) is 200 Å². The molecule has 0 fully saturated rings. The zero-order chi connectivity index (χ0) is 40.0. The number of hydrogen-bond donors (Lipinski definition) is 0. The Bertz CT molecular complexity index is 4010. The molecule has 3 aliphatic heterocycles. The van der Waals surface area contributed by atoms with Crippen molar-refractivity contribution in [3.05, 3.63) is 222 Å². The zero-order valence-corrected chi connectivity index (χ0v) is 33.5. The lowest BCUT2D eigenvalue weighted by Gasteiger charge is -2.44. The molecule has 0 radical (unpaired) electrons. The summed E-state index contributed by atoms with van der Waals surface area (Å²) in [7, 11) is 0. The lowest BCUT2D eigenvalue weighted by atomic mass is 9.33. The molecule has 1 spiro atoms. The van der Waals surface area contributed by atoms with E-state index in [0.29, 0.717) is 0 Å². The van der Waals surface area contributed by atoms with Gasteiger partial charge in [-0.3, -0.25) is 0 Å². The van der Waals surface area contributed by atoms with Crippen molar-refractivity contribution < 1.29 is 0 Å². The molecule has 12 aromatic rings. The van der Waals surface area contributed by atoms with Gasteiger partial charge in [0.15, 0.2) is 0 Å². The average molecular weight is 781 g/mol. The van der Waals surface area contributed by atoms with Crippen LogP contribution in [-0.4, -0.2) is 15.8 Å². The molecule has 1 aliphatic carbocycles. The van der Waals surface area contributed by atoms with E-state index in [-0.39, 0.29) is 6.71 Å². The van der Waals surface area contributed by atoms with E-state index < -0.39 is 5.41 Å². The third-order valence-electron chi connectivity index (χ3n) is 15.3. The summed E-state index contributed by atoms with van der Waals surface area (Å²) in [4.78, 5) is 0. The number of aromatic nitrogens is 2. The summed E-state index contributed by atoms with van der Waals surface area (Å²) in [5.41, 5.74) is 24.6. The van der Waals surface area contributed by atoms with Crippen LogP contribution in [0, 0.1) is 0 Å². The first-order valence-corrected chi connectivity index (χ1v) is 21.9. The highest BCUT2D eigenvalue weighted by Crippen LogP contribution is 2.62. The summed E-state index contributed by atoms with van der Waals surface area (Å²) in [6.45, 7) is 0.0193. The molecular weight excluding hydrogens is 747 g/mol. The molecule has 0 N–H and O–H groups in total. The minimum atomic E-state index is -0.562. The quantitative estimate of drug-likeness (QED) is 0.155. The van der Waals surface area contributed by atoms with Crippen LogP contribution in [0.3, 0.4) is 0 Å². The molecular formula is C59H33BN2. The fraction of sp³-hybridized carbons (Fsp3) is 0.0169. The Kier molecular flexibility index (Phi) is 5.62. The first kappa shape index (κ1) is 32.0. The third-order valence-corrected chi connectivity index (χ3v) is 15.3. The highest BCUT2D eigenvalue weighted by molar-refractivity contribution is 7.00. The van der Waals surface area contributed by atoms with E-state index in [9.17, 15) is 0 Å². The fourth-order valence-corrected chi connectivity index (χ4v) is 13.2. The number of para-hydroxylation sites is 4. The number of nitrogens with zero attached hydrogens (tertiary/aromatic N) is 2. The van der Waals surface area contributed by atoms with E-state index >= 15 is 0 Å². The van der Waals surface area contributed by atoms with Gasteiger partial charge in [-0.1, -0.05) is 188 Å². The Labute approximate surface area is 357 Å². The van der Waals surface area contributed by atoms with Gasteiger partial charge in [0, 0.05) is 43.8 Å². The van der Waals surface area contributed by atoms with E-state index in [1.807, 2.05) is 0 Å². The molecule has 62 heavy (non-hydrogen) atoms. The topological polar surface area (TPSA) is 9.86 Å². The summed E-state index contributed by atoms with van der Waals surface area (Å²) in [5, 5.41) is 7.77. The van der Waals surface area contributed by atoms with Gasteiger partial charge in [-0.2, -0.15) is 0 Å². The molecule has 0 saturated carbocycles. The van der Waals surface area contributed by atoms with Crippen molar-refractivity contribution in [1.82, 2.24) is 9.13 Å². The molecule has 0 unspecified atom stereocenters. The first-order valence-electron chi connectivity index (χ1n) is 21.9. The van der Waals surface area contributed by atoms with Crippen LogP contribution in [0.2, 0.25) is 0 Å². The van der Waals surface area contributed by atoms with E-state index in [1.165, 1.54) is 138 Å². The van der Waals surface area contributed by atoms with Crippen molar-refractivity contribution in [2.45, 2.75) is 5.41 Å². The molecule has 0 atom stereocenters. The molecule has 0 amide bonds. The van der Waals surface area contributed by atoms with Crippen molar-refractivity contribution in [1.29, 1.82) is 0 Å². The maximum atomic E-state index is 2.72. The van der Waals surface area contributed by atoms with Gasteiger partial charge in [0.2, 0.25) is 0 Å². The Morgan fingerprint density at radius 2 is 0.935 bits per heavy atom. The Balaban J connectivity index is 1.22. The lowest BCUT2D eigenvalue weighted by Crippen LogP contribution is -2.60. The summed E-state index contributed by atoms with van der Waals surface area (Å²) >= 11 is 0. The van der Waals surface area contributed by atoms with Gasteiger partial charge < -0.3 is 9.13 Å². The van der Waals surface area contributed by atoms with Gasteiger partial charge in [-0.05, 0) is 89.4 Å². The number of fused-ring (bicyclic) bond motifs is 15. The van der Waals surface area contributed by atoms with Crippen molar-refractivity contribution in [2.24, 2.45) is 0 Å². The number of rotatable bonds is 2. The summed E-state index contributed by atoms with van der Waals surface area (Å²) < 4.78 is 5.38. The second-order valence-corrected chi connectivity index (χ2v) is 17.8. The van der Waals surface area contributed by atoms with Crippen molar-refractivity contribution in [2.75, 3.05) is 0 Å². The summed E-state index contributed by atoms with van der Waals surface area (Å²) in [6, 6.07) is 76.5. The molecule has 10 aromatic carbocycles. The maximum absolute atomic E-state index is 2.72. The van der Waals surface area contributed by atoms with Gasteiger partial charge in [0.25, 0.3) is 6.71 Å². The molecule has 16 rings (SSSR count). The highest BCUT2D eigenvalue weighted by Gasteiger charge is 2.54. The van der Waals surface area contributed by atoms with E-state index in [1.54, 1.807) is 0 Å². The zero-order valence-electron chi connectivity index (χ0n) is 33.5. The molecule has 0 saturated heterocycles. The van der Waals surface area contributed by atoms with Crippen LogP contribution in [0.1, 0.15) is 22.3 Å². The summed E-state index contributed by atoms with van der Waals surface area (Å²) in [6.07, 6.45) is 0. The predicted molar refractivity (Wildman–Crippen MR) is 259 cm³/mol. The van der Waals surface area contributed by atoms with Gasteiger partial charge in [0.1, 0.15) is 0 Å². The molecule has 5 heterocycles. The van der Waals surface area contributed by atoms with Crippen LogP contribution >= 0.6 is 0 Å². The molecule has 2 nitrogen and oxygen atoms in total. The standard InChI is InChI=1S/C59H33BN2/c1-2-16-35(17-3-1)52-36-18-5-4-15-34(36)31-32-40(52)44-33-48-58-53-57(44)61-51-30-11-8-21-39(51)41-23-13-28-49(55(41)61)60(53)50-29-14-24-43-42-22-12-27-47(54(42)62(58)56(43)50)59(48)45-25-9-6-19-37(45)38-20-7-10-26-46(38)59/h1-33H. The Morgan fingerprint density at radius 3 is 1.71 bits per heavy atom. The summed E-state index contributed by atoms with van der Waals surface area (Å²) in [5.74, 6) is 0. The van der Waals surface area contributed by atoms with E-state index in [4.69, 9.17) is 0 Å². The molecule has 2 aromatic heterocycles. The predicted octanol–water partition coefficient (Wildman–Crippen LogP) is 12.2. The Morgan fingerprint density at radius 1 is 0.355 bits per heavy atom. The second kappa shape index (κ2) is 10.9. The largest absolute Gasteiger partial charge is 0.310 e. The van der Waals surface area contributed by atoms with Crippen LogP contribution in [0.25, 0.3) is 99.1 Å². The van der Waals surface area contributed by atoms with Crippen molar-refractivity contribution >= 4 is 77.5 Å². The monoisotopic (exact) mass is 780 g/mol. The van der Waals surface area contributed by atoms with Gasteiger partial charge in [0.05, 0.1) is 22.1 Å². The maximum Gasteiger partial charge on any atom is 0.252 e. The molecule has 282 valence electrons. The fourth-order valence-electron chi connectivity index (χ4n) is 13.2. The minimum absolute atomic E-state index is 0.0193. The highest BCUT2D eigenvalue weighted by atomic mass is 15.1. The third kappa shape index (κ3) is 3.44. The number of benzene rings is 10. The van der Waals surface area contributed by atoms with Crippen LogP contribution in [-0.2, 0) is 5.41 Å². The first-order chi connectivity index (χ1) is 30.8. The minimum Gasteiger partial charge on any atom is -0.310 e. The second-order valence-electron chi connectivity index (χ2n) is 17.8. The smallest absolute Gasteiger partial charge is 0.252 e. The normalized spacial score (nSPS) is 14.2. The molecule has 0 bridgehead atoms. The molecule has 3 heteroatoms. The van der Waals surface area contributed by atoms with E-state index in [0.717, 1.165) is 0 Å². The Hall–Kier alpha value is -7.88. The van der Waals surface area contributed by atoms with Crippen LogP contribution in [0.5, 0.6) is 0 Å². The SMILES string of the molecule is c1ccc(-c2c(-c3cc4c5c6c3-n3c7ccccc7c7cccc(c73)B6c3cccc6c7cccc(c7n-5c36)C43c4ccccc4-c4ccccc43)ccc3ccccc23)cc1. The van der Waals surface area contributed by atoms with Gasteiger partial charge >= 0.3 is 0 Å². The average Bonchev–Trinajstić information content (AvgIpc) is 3.97. The molecule has 4 aliphatic rings. The van der Waals surface area contributed by atoms with Gasteiger partial charge in [-0.25, -0.2) is 0 Å². The van der Waals surface area contributed by atoms with Crippen molar-refractivity contribution in [3.8, 4) is 44.8 Å². The van der Waals surface area contributed by atoms with Gasteiger partial charge in [-0.15, -0.1) is 0 Å².